The number of hydrogen-bond acceptors (Lipinski definition) is 3. The zero-order valence-electron chi connectivity index (χ0n) is 12.3. The van der Waals surface area contributed by atoms with E-state index in [9.17, 15) is 4.79 Å². The van der Waals surface area contributed by atoms with Crippen LogP contribution in [0.25, 0.3) is 0 Å². The van der Waals surface area contributed by atoms with Gasteiger partial charge in [-0.1, -0.05) is 29.8 Å². The first-order valence-corrected chi connectivity index (χ1v) is 6.76. The molecule has 0 saturated carbocycles. The number of carbonyl (C=O) groups excluding carboxylic acids is 1. The quantitative estimate of drug-likeness (QED) is 0.557. The smallest absolute Gasteiger partial charge is 0.223 e. The molecule has 0 aliphatic rings. The molecule has 0 radical (unpaired) electrons. The molecule has 0 aromatic heterocycles. The van der Waals surface area contributed by atoms with Crippen molar-refractivity contribution in [2.75, 3.05) is 26.4 Å². The Balaban J connectivity index is 2.05. The second-order valence-corrected chi connectivity index (χ2v) is 4.77. The molecule has 1 aromatic carbocycles. The molecular formula is C16H23NO3. The van der Waals surface area contributed by atoms with E-state index in [1.807, 2.05) is 38.1 Å². The van der Waals surface area contributed by atoms with Crippen molar-refractivity contribution >= 4 is 5.91 Å². The maximum Gasteiger partial charge on any atom is 0.223 e. The van der Waals surface area contributed by atoms with E-state index in [0.29, 0.717) is 32.8 Å². The van der Waals surface area contributed by atoms with Gasteiger partial charge in [0.15, 0.2) is 0 Å². The molecule has 4 heteroatoms. The molecule has 1 rings (SSSR count). The van der Waals surface area contributed by atoms with Gasteiger partial charge in [0.25, 0.3) is 0 Å². The van der Waals surface area contributed by atoms with E-state index in [2.05, 4.69) is 11.9 Å². The largest absolute Gasteiger partial charge is 0.493 e. The predicted molar refractivity (Wildman–Crippen MR) is 79.9 cm³/mol. The molecule has 0 atom stereocenters. The van der Waals surface area contributed by atoms with Crippen LogP contribution in [0.5, 0.6) is 5.75 Å². The summed E-state index contributed by atoms with van der Waals surface area (Å²) in [4.78, 5) is 11.5. The molecule has 1 N–H and O–H groups in total. The summed E-state index contributed by atoms with van der Waals surface area (Å²) in [6, 6.07) is 7.76. The zero-order valence-corrected chi connectivity index (χ0v) is 12.3. The molecule has 0 bridgehead atoms. The summed E-state index contributed by atoms with van der Waals surface area (Å²) < 4.78 is 10.8. The molecule has 0 aliphatic carbocycles. The average molecular weight is 277 g/mol. The van der Waals surface area contributed by atoms with Crippen LogP contribution in [0.1, 0.15) is 18.9 Å². The van der Waals surface area contributed by atoms with Gasteiger partial charge in [0, 0.05) is 6.54 Å². The fourth-order valence-electron chi connectivity index (χ4n) is 1.49. The monoisotopic (exact) mass is 277 g/mol. The zero-order chi connectivity index (χ0) is 14.8. The van der Waals surface area contributed by atoms with Crippen molar-refractivity contribution in [1.82, 2.24) is 5.32 Å². The first kappa shape index (κ1) is 16.2. The number of carbonyl (C=O) groups is 1. The second-order valence-electron chi connectivity index (χ2n) is 4.77. The van der Waals surface area contributed by atoms with Gasteiger partial charge < -0.3 is 14.8 Å². The van der Waals surface area contributed by atoms with Crippen molar-refractivity contribution < 1.29 is 14.3 Å². The first-order chi connectivity index (χ1) is 9.58. The molecule has 4 nitrogen and oxygen atoms in total. The highest BCUT2D eigenvalue weighted by Gasteiger charge is 2.01. The summed E-state index contributed by atoms with van der Waals surface area (Å²) in [5.74, 6) is 0.754. The lowest BCUT2D eigenvalue weighted by molar-refractivity contribution is -0.121. The van der Waals surface area contributed by atoms with E-state index in [-0.39, 0.29) is 5.91 Å². The molecule has 1 aromatic rings. The summed E-state index contributed by atoms with van der Waals surface area (Å²) in [6.45, 7) is 9.58. The highest BCUT2D eigenvalue weighted by Crippen LogP contribution is 2.11. The predicted octanol–water partition coefficient (Wildman–Crippen LogP) is 2.47. The minimum atomic E-state index is -0.0314. The summed E-state index contributed by atoms with van der Waals surface area (Å²) >= 11 is 0. The lowest BCUT2D eigenvalue weighted by atomic mass is 10.2. The first-order valence-electron chi connectivity index (χ1n) is 6.76. The number of hydrogen-bond donors (Lipinski definition) is 1. The van der Waals surface area contributed by atoms with Crippen molar-refractivity contribution in [3.8, 4) is 5.75 Å². The lowest BCUT2D eigenvalue weighted by Gasteiger charge is -2.08. The average Bonchev–Trinajstić information content (AvgIpc) is 2.40. The van der Waals surface area contributed by atoms with Crippen LogP contribution in [0.4, 0.5) is 0 Å². The summed E-state index contributed by atoms with van der Waals surface area (Å²) in [5.41, 5.74) is 2.16. The van der Waals surface area contributed by atoms with Gasteiger partial charge in [-0.15, -0.1) is 0 Å². The Labute approximate surface area is 120 Å². The lowest BCUT2D eigenvalue weighted by Crippen LogP contribution is -2.28. The van der Waals surface area contributed by atoms with E-state index in [4.69, 9.17) is 9.47 Å². The molecular weight excluding hydrogens is 254 g/mol. The Bertz CT molecular complexity index is 426. The Kier molecular flexibility index (Phi) is 7.43. The molecule has 0 saturated heterocycles. The van der Waals surface area contributed by atoms with E-state index in [0.717, 1.165) is 11.3 Å². The van der Waals surface area contributed by atoms with Gasteiger partial charge >= 0.3 is 0 Å². The van der Waals surface area contributed by atoms with Crippen molar-refractivity contribution in [3.63, 3.8) is 0 Å². The summed E-state index contributed by atoms with van der Waals surface area (Å²) in [6.07, 6.45) is 0.342. The Morgan fingerprint density at radius 1 is 1.25 bits per heavy atom. The van der Waals surface area contributed by atoms with E-state index < -0.39 is 0 Å². The number of rotatable bonds is 9. The van der Waals surface area contributed by atoms with Crippen LogP contribution >= 0.6 is 0 Å². The maximum atomic E-state index is 11.5. The minimum Gasteiger partial charge on any atom is -0.493 e. The summed E-state index contributed by atoms with van der Waals surface area (Å²) in [5, 5.41) is 2.78. The fourth-order valence-corrected chi connectivity index (χ4v) is 1.49. The van der Waals surface area contributed by atoms with Crippen LogP contribution in [0.2, 0.25) is 0 Å². The van der Waals surface area contributed by atoms with Crippen molar-refractivity contribution in [3.05, 3.63) is 42.0 Å². The Morgan fingerprint density at radius 2 is 1.95 bits per heavy atom. The number of amides is 1. The second kappa shape index (κ2) is 9.15. The van der Waals surface area contributed by atoms with Gasteiger partial charge in [0.2, 0.25) is 5.91 Å². The van der Waals surface area contributed by atoms with Crippen LogP contribution in [0, 0.1) is 6.92 Å². The van der Waals surface area contributed by atoms with Crippen LogP contribution in [0.3, 0.4) is 0 Å². The van der Waals surface area contributed by atoms with Crippen molar-refractivity contribution in [2.24, 2.45) is 0 Å². The molecule has 0 spiro atoms. The van der Waals surface area contributed by atoms with E-state index in [1.165, 1.54) is 5.56 Å². The van der Waals surface area contributed by atoms with Crippen LogP contribution in [-0.4, -0.2) is 32.3 Å². The molecule has 20 heavy (non-hydrogen) atoms. The van der Waals surface area contributed by atoms with E-state index in [1.54, 1.807) is 0 Å². The molecule has 1 amide bonds. The van der Waals surface area contributed by atoms with Crippen molar-refractivity contribution in [1.29, 1.82) is 0 Å². The number of aryl methyl sites for hydroxylation is 1. The number of benzene rings is 1. The van der Waals surface area contributed by atoms with Gasteiger partial charge in [-0.05, 0) is 26.0 Å². The van der Waals surface area contributed by atoms with Gasteiger partial charge in [-0.25, -0.2) is 0 Å². The third-order valence-electron chi connectivity index (χ3n) is 2.54. The highest BCUT2D eigenvalue weighted by atomic mass is 16.5. The maximum absolute atomic E-state index is 11.5. The van der Waals surface area contributed by atoms with Gasteiger partial charge in [-0.2, -0.15) is 0 Å². The molecule has 0 fully saturated rings. The third kappa shape index (κ3) is 7.59. The van der Waals surface area contributed by atoms with Gasteiger partial charge in [-0.3, -0.25) is 4.79 Å². The number of ether oxygens (including phenoxy) is 2. The topological polar surface area (TPSA) is 47.6 Å². The fraction of sp³-hybridized carbons (Fsp3) is 0.438. The molecule has 0 unspecified atom stereocenters. The summed E-state index contributed by atoms with van der Waals surface area (Å²) in [7, 11) is 0. The SMILES string of the molecule is C=C(C)COCCNC(=O)CCOc1ccc(C)cc1. The van der Waals surface area contributed by atoms with Crippen molar-refractivity contribution in [2.45, 2.75) is 20.3 Å². The molecule has 0 heterocycles. The normalized spacial score (nSPS) is 10.1. The van der Waals surface area contributed by atoms with Crippen LogP contribution < -0.4 is 10.1 Å². The van der Waals surface area contributed by atoms with Crippen LogP contribution in [0.15, 0.2) is 36.4 Å². The molecule has 110 valence electrons. The Hall–Kier alpha value is -1.81. The minimum absolute atomic E-state index is 0.0314. The Morgan fingerprint density at radius 3 is 2.60 bits per heavy atom. The van der Waals surface area contributed by atoms with Gasteiger partial charge in [0.1, 0.15) is 5.75 Å². The third-order valence-corrected chi connectivity index (χ3v) is 2.54. The molecule has 0 aliphatic heterocycles. The van der Waals surface area contributed by atoms with Gasteiger partial charge in [0.05, 0.1) is 26.2 Å². The highest BCUT2D eigenvalue weighted by molar-refractivity contribution is 5.75. The number of nitrogens with one attached hydrogen (secondary N) is 1. The van der Waals surface area contributed by atoms with E-state index >= 15 is 0 Å². The standard InChI is InChI=1S/C16H23NO3/c1-13(2)12-19-11-9-17-16(18)8-10-20-15-6-4-14(3)5-7-15/h4-7H,1,8-12H2,2-3H3,(H,17,18). The van der Waals surface area contributed by atoms with Crippen LogP contribution in [-0.2, 0) is 9.53 Å².